The van der Waals surface area contributed by atoms with E-state index in [1.165, 1.54) is 25.7 Å². The zero-order valence-corrected chi connectivity index (χ0v) is 35.3. The molecule has 12 N–H and O–H groups in total. The first-order valence-corrected chi connectivity index (χ1v) is 18.9. The summed E-state index contributed by atoms with van der Waals surface area (Å²) in [5.74, 6) is -0.689. The van der Waals surface area contributed by atoms with Gasteiger partial charge in [0.25, 0.3) is 0 Å². The monoisotopic (exact) mass is 759 g/mol. The maximum atomic E-state index is 10.3. The molecule has 13 nitrogen and oxygen atoms in total. The lowest BCUT2D eigenvalue weighted by atomic mass is 10.1. The Morgan fingerprint density at radius 3 is 1.00 bits per heavy atom. The van der Waals surface area contributed by atoms with Crippen molar-refractivity contribution in [2.45, 2.75) is 166 Å². The Morgan fingerprint density at radius 2 is 0.706 bits per heavy atom. The largest absolute Gasteiger partial charge is 0.481 e. The second kappa shape index (κ2) is 126. The lowest BCUT2D eigenvalue weighted by Crippen LogP contribution is -2.04. The summed E-state index contributed by atoms with van der Waals surface area (Å²) in [5.41, 5.74) is 0. The summed E-state index contributed by atoms with van der Waals surface area (Å²) in [6.07, 6.45) is 17.4. The summed E-state index contributed by atoms with van der Waals surface area (Å²) in [7, 11) is 0. The average molecular weight is 759 g/mol. The third-order valence-corrected chi connectivity index (χ3v) is 3.73. The van der Waals surface area contributed by atoms with Crippen molar-refractivity contribution in [1.82, 2.24) is 0 Å². The highest BCUT2D eigenvalue weighted by molar-refractivity contribution is 5.66. The molecule has 0 saturated heterocycles. The van der Waals surface area contributed by atoms with Crippen molar-refractivity contribution < 1.29 is 66.1 Å². The van der Waals surface area contributed by atoms with Gasteiger partial charge in [0, 0.05) is 72.5 Å². The molecule has 324 valence electrons. The highest BCUT2D eigenvalue weighted by Crippen LogP contribution is 2.10. The number of aliphatic carboxylic acids is 1. The number of rotatable bonds is 15. The third-order valence-electron chi connectivity index (χ3n) is 3.73. The highest BCUT2D eigenvalue weighted by Gasteiger charge is 2.00. The van der Waals surface area contributed by atoms with Crippen LogP contribution < -0.4 is 0 Å². The SMILES string of the molecule is CCCCCC[C@@H](O)C/C=C\CCCCCCCC(=O)O.CCO.CCO.CCO.CCO.CCO.CCO.CCO.CCO.CCO.CCO. The summed E-state index contributed by atoms with van der Waals surface area (Å²) < 4.78 is 0. The molecule has 0 bridgehead atoms. The van der Waals surface area contributed by atoms with Gasteiger partial charge in [0.05, 0.1) is 6.10 Å². The van der Waals surface area contributed by atoms with E-state index in [4.69, 9.17) is 56.2 Å². The number of unbranched alkanes of at least 4 members (excludes halogenated alkanes) is 8. The van der Waals surface area contributed by atoms with E-state index < -0.39 is 5.97 Å². The van der Waals surface area contributed by atoms with Crippen molar-refractivity contribution in [1.29, 1.82) is 0 Å². The molecule has 51 heavy (non-hydrogen) atoms. The number of aliphatic hydroxyl groups is 11. The zero-order valence-electron chi connectivity index (χ0n) is 35.3. The molecular formula is C38H94O13. The molecule has 0 amide bonds. The van der Waals surface area contributed by atoms with Gasteiger partial charge in [-0.15, -0.1) is 0 Å². The number of aliphatic hydroxyl groups excluding tert-OH is 11. The summed E-state index contributed by atoms with van der Waals surface area (Å²) in [6.45, 7) is 21.5. The fourth-order valence-corrected chi connectivity index (χ4v) is 2.36. The number of allylic oxidation sites excluding steroid dienone is 1. The van der Waals surface area contributed by atoms with Gasteiger partial charge in [0.1, 0.15) is 0 Å². The van der Waals surface area contributed by atoms with Crippen molar-refractivity contribution in [3.63, 3.8) is 0 Å². The minimum Gasteiger partial charge on any atom is -0.481 e. The van der Waals surface area contributed by atoms with E-state index in [0.717, 1.165) is 51.4 Å². The molecule has 0 aliphatic carbocycles. The fraction of sp³-hybridized carbons (Fsp3) is 0.921. The van der Waals surface area contributed by atoms with Gasteiger partial charge in [-0.2, -0.15) is 0 Å². The van der Waals surface area contributed by atoms with Crippen LogP contribution in [0.25, 0.3) is 0 Å². The van der Waals surface area contributed by atoms with Crippen LogP contribution >= 0.6 is 0 Å². The molecule has 0 aliphatic heterocycles. The Bertz CT molecular complexity index is 386. The van der Waals surface area contributed by atoms with E-state index in [2.05, 4.69) is 19.1 Å². The number of carboxylic acids is 1. The minimum absolute atomic E-state index is 0.172. The highest BCUT2D eigenvalue weighted by atomic mass is 16.4. The van der Waals surface area contributed by atoms with Gasteiger partial charge in [0.15, 0.2) is 0 Å². The molecule has 0 heterocycles. The van der Waals surface area contributed by atoms with Crippen LogP contribution in [0.5, 0.6) is 0 Å². The Balaban J connectivity index is -0.0000000481. The van der Waals surface area contributed by atoms with E-state index in [1.807, 2.05) is 0 Å². The smallest absolute Gasteiger partial charge is 0.303 e. The fourth-order valence-electron chi connectivity index (χ4n) is 2.36. The van der Waals surface area contributed by atoms with Crippen LogP contribution in [0, 0.1) is 0 Å². The van der Waals surface area contributed by atoms with Gasteiger partial charge in [-0.25, -0.2) is 0 Å². The lowest BCUT2D eigenvalue weighted by Gasteiger charge is -2.07. The topological polar surface area (TPSA) is 260 Å². The van der Waals surface area contributed by atoms with Crippen molar-refractivity contribution >= 4 is 5.97 Å². The normalized spacial score (nSPS) is 8.82. The van der Waals surface area contributed by atoms with Crippen molar-refractivity contribution in [3.8, 4) is 0 Å². The minimum atomic E-state index is -0.689. The maximum Gasteiger partial charge on any atom is 0.303 e. The number of carboxylic acid groups (broad SMARTS) is 1. The van der Waals surface area contributed by atoms with Gasteiger partial charge in [0.2, 0.25) is 0 Å². The molecule has 0 radical (unpaired) electrons. The second-order valence-corrected chi connectivity index (χ2v) is 9.07. The maximum absolute atomic E-state index is 10.3. The van der Waals surface area contributed by atoms with Gasteiger partial charge in [-0.05, 0) is 101 Å². The molecule has 1 atom stereocenters. The van der Waals surface area contributed by atoms with Crippen LogP contribution in [-0.2, 0) is 4.79 Å². The quantitative estimate of drug-likeness (QED) is 0.0771. The second-order valence-electron chi connectivity index (χ2n) is 9.07. The molecule has 0 spiro atoms. The summed E-state index contributed by atoms with van der Waals surface area (Å²) in [4.78, 5) is 10.3. The standard InChI is InChI=1S/C18H34O3.10C2H6O/c1-2-3-4-11-14-17(19)15-12-9-7-5-6-8-10-13-16-18(20)21;10*1-2-3/h9,12,17,19H,2-8,10-11,13-16H2,1H3,(H,20,21);10*3H,2H2,1H3/b12-9-;;;;;;;;;;/t17-;;;;;;;;;;/m1........../s1. The number of carbonyl (C=O) groups is 1. The number of hydrogen-bond acceptors (Lipinski definition) is 12. The van der Waals surface area contributed by atoms with Crippen molar-refractivity contribution in [2.75, 3.05) is 66.1 Å². The van der Waals surface area contributed by atoms with Gasteiger partial charge in [-0.3, -0.25) is 4.79 Å². The molecule has 0 unspecified atom stereocenters. The van der Waals surface area contributed by atoms with Crippen molar-refractivity contribution in [3.05, 3.63) is 12.2 Å². The van der Waals surface area contributed by atoms with E-state index in [1.54, 1.807) is 69.2 Å². The van der Waals surface area contributed by atoms with E-state index in [0.29, 0.717) is 6.42 Å². The van der Waals surface area contributed by atoms with Gasteiger partial charge < -0.3 is 61.3 Å². The Hall–Kier alpha value is -1.23. The molecule has 13 heteroatoms. The van der Waals surface area contributed by atoms with E-state index >= 15 is 0 Å². The van der Waals surface area contributed by atoms with E-state index in [-0.39, 0.29) is 72.2 Å². The van der Waals surface area contributed by atoms with Crippen LogP contribution in [-0.4, -0.2) is 139 Å². The molecule has 0 saturated carbocycles. The first-order valence-electron chi connectivity index (χ1n) is 18.9. The van der Waals surface area contributed by atoms with Crippen LogP contribution in [0.1, 0.15) is 160 Å². The van der Waals surface area contributed by atoms with Gasteiger partial charge >= 0.3 is 5.97 Å². The Morgan fingerprint density at radius 1 is 0.431 bits per heavy atom. The molecule has 0 aromatic heterocycles. The summed E-state index contributed by atoms with van der Waals surface area (Å²) in [6, 6.07) is 0. The van der Waals surface area contributed by atoms with E-state index in [9.17, 15) is 9.90 Å². The number of hydrogen-bond donors (Lipinski definition) is 12. The molecule has 0 aromatic carbocycles. The summed E-state index contributed by atoms with van der Waals surface area (Å²) >= 11 is 0. The first-order chi connectivity index (χ1) is 24.3. The molecular weight excluding hydrogens is 664 g/mol. The van der Waals surface area contributed by atoms with Crippen molar-refractivity contribution in [2.24, 2.45) is 0 Å². The van der Waals surface area contributed by atoms with Crippen LogP contribution in [0.15, 0.2) is 12.2 Å². The molecule has 0 aromatic rings. The summed E-state index contributed by atoms with van der Waals surface area (Å²) in [5, 5.41) is 94.0. The predicted molar refractivity (Wildman–Crippen MR) is 216 cm³/mol. The zero-order chi connectivity index (χ0) is 42.8. The molecule has 0 fully saturated rings. The van der Waals surface area contributed by atoms with Crippen LogP contribution in [0.3, 0.4) is 0 Å². The predicted octanol–water partition coefficient (Wildman–Crippen LogP) is 5.07. The van der Waals surface area contributed by atoms with Crippen LogP contribution in [0.2, 0.25) is 0 Å². The third kappa shape index (κ3) is 338. The Kier molecular flexibility index (Phi) is 194. The molecule has 0 rings (SSSR count). The van der Waals surface area contributed by atoms with Crippen LogP contribution in [0.4, 0.5) is 0 Å². The molecule has 0 aliphatic rings. The Labute approximate surface area is 315 Å². The van der Waals surface area contributed by atoms with Gasteiger partial charge in [-0.1, -0.05) is 64.0 Å². The first kappa shape index (κ1) is 78.8. The lowest BCUT2D eigenvalue weighted by molar-refractivity contribution is -0.137. The average Bonchev–Trinajstić information content (AvgIpc) is 3.04.